The van der Waals surface area contributed by atoms with Crippen molar-refractivity contribution in [3.8, 4) is 28.0 Å². The number of nitrogens with zero attached hydrogens (tertiary/aromatic N) is 1. The third kappa shape index (κ3) is 4.73. The van der Waals surface area contributed by atoms with Gasteiger partial charge in [0, 0.05) is 27.8 Å². The summed E-state index contributed by atoms with van der Waals surface area (Å²) in [7, 11) is 0.465. The summed E-state index contributed by atoms with van der Waals surface area (Å²) in [6, 6.07) is 2.07. The molecule has 0 atom stereocenters. The van der Waals surface area contributed by atoms with Crippen molar-refractivity contribution in [2.45, 2.75) is 0 Å². The first-order valence-corrected chi connectivity index (χ1v) is 12.2. The molecule has 0 saturated carbocycles. The zero-order valence-electron chi connectivity index (χ0n) is 36.9. The quantitative estimate of drug-likeness (QED) is 0.202. The molecule has 7 aromatic rings. The molecule has 7 rings (SSSR count). The SMILES string of the molecule is [2H]c1c([2H])c([2H])c(-c2ccc(N(c3ccc(O[B]O)cc3)c3c([2H])c([2H])c(-c4c([2H])c([2H])c([2H])c5oc6c([2H])c([2H])c([2H])c([2H])c6c45)c([2H])c3[2H])cc2)c([2H])c1[2H]. The number of hydrogen-bond acceptors (Lipinski definition) is 4. The molecule has 4 nitrogen and oxygen atoms in total. The number of fused-ring (bicyclic) bond motifs is 3. The Hall–Kier alpha value is -5.26. The van der Waals surface area contributed by atoms with Crippen LogP contribution >= 0.6 is 0 Å². The van der Waals surface area contributed by atoms with Gasteiger partial charge in [0.05, 0.1) is 21.9 Å². The fraction of sp³-hybridized carbons (Fsp3) is 0. The van der Waals surface area contributed by atoms with Gasteiger partial charge < -0.3 is 19.0 Å². The lowest BCUT2D eigenvalue weighted by atomic mass is 9.99. The van der Waals surface area contributed by atoms with Gasteiger partial charge in [-0.3, -0.25) is 0 Å². The van der Waals surface area contributed by atoms with Crippen LogP contribution in [0.5, 0.6) is 5.75 Å². The van der Waals surface area contributed by atoms with Crippen LogP contribution in [0, 0.1) is 0 Å². The number of hydrogen-bond donors (Lipinski definition) is 1. The number of rotatable bonds is 7. The van der Waals surface area contributed by atoms with Crippen molar-refractivity contribution < 1.29 is 36.0 Å². The molecule has 0 bridgehead atoms. The Morgan fingerprint density at radius 3 is 1.98 bits per heavy atom. The predicted molar refractivity (Wildman–Crippen MR) is 168 cm³/mol. The molecule has 5 heteroatoms. The smallest absolute Gasteiger partial charge is 0.537 e. The van der Waals surface area contributed by atoms with Gasteiger partial charge in [-0.25, -0.2) is 0 Å². The Kier molecular flexibility index (Phi) is 3.38. The summed E-state index contributed by atoms with van der Waals surface area (Å²) in [4.78, 5) is 1.35. The van der Waals surface area contributed by atoms with E-state index in [1.807, 2.05) is 0 Å². The van der Waals surface area contributed by atoms with Gasteiger partial charge in [0.15, 0.2) is 0 Å². The minimum absolute atomic E-state index is 0.0731. The second kappa shape index (κ2) is 10.7. The van der Waals surface area contributed by atoms with Crippen molar-refractivity contribution in [1.29, 1.82) is 0 Å². The first-order valence-electron chi connectivity index (χ1n) is 20.2. The van der Waals surface area contributed by atoms with Gasteiger partial charge in [0.25, 0.3) is 0 Å². The summed E-state index contributed by atoms with van der Waals surface area (Å²) >= 11 is 0. The molecule has 1 N–H and O–H groups in total. The highest BCUT2D eigenvalue weighted by molar-refractivity contribution is 6.17. The minimum Gasteiger partial charge on any atom is -0.537 e. The van der Waals surface area contributed by atoms with E-state index in [0.29, 0.717) is 7.69 Å². The lowest BCUT2D eigenvalue weighted by Gasteiger charge is -2.26. The maximum absolute atomic E-state index is 9.30. The van der Waals surface area contributed by atoms with E-state index in [1.54, 1.807) is 0 Å². The summed E-state index contributed by atoms with van der Waals surface area (Å²) in [5.41, 5.74) is -1.34. The van der Waals surface area contributed by atoms with Crippen molar-refractivity contribution >= 4 is 46.7 Å². The minimum atomic E-state index is -0.712. The molecule has 41 heavy (non-hydrogen) atoms. The van der Waals surface area contributed by atoms with Crippen LogP contribution in [0.15, 0.2) is 150 Å². The average molecular weight is 547 g/mol. The van der Waals surface area contributed by atoms with Crippen LogP contribution < -0.4 is 9.55 Å². The molecule has 0 spiro atoms. The largest absolute Gasteiger partial charge is 0.569 e. The molecule has 0 unspecified atom stereocenters. The molecule has 0 aliphatic rings. The zero-order chi connectivity index (χ0) is 41.5. The van der Waals surface area contributed by atoms with Crippen molar-refractivity contribution in [2.24, 2.45) is 0 Å². The van der Waals surface area contributed by atoms with E-state index < -0.39 is 113 Å². The van der Waals surface area contributed by atoms with Crippen molar-refractivity contribution in [3.63, 3.8) is 0 Å². The van der Waals surface area contributed by atoms with Crippen molar-refractivity contribution in [1.82, 2.24) is 0 Å². The van der Waals surface area contributed by atoms with E-state index in [0.717, 1.165) is 0 Å². The maximum atomic E-state index is 9.30. The van der Waals surface area contributed by atoms with Crippen LogP contribution in [0.1, 0.15) is 21.9 Å². The second-order valence-corrected chi connectivity index (χ2v) is 8.58. The van der Waals surface area contributed by atoms with Gasteiger partial charge in [-0.1, -0.05) is 84.6 Å². The third-order valence-corrected chi connectivity index (χ3v) is 6.23. The summed E-state index contributed by atoms with van der Waals surface area (Å²) in [5.74, 6) is 0.203. The second-order valence-electron chi connectivity index (χ2n) is 8.58. The van der Waals surface area contributed by atoms with Gasteiger partial charge in [0.2, 0.25) is 0 Å². The summed E-state index contributed by atoms with van der Waals surface area (Å²) < 4.78 is 148. The van der Waals surface area contributed by atoms with E-state index in [1.165, 1.54) is 53.4 Å². The van der Waals surface area contributed by atoms with Gasteiger partial charge in [-0.15, -0.1) is 0 Å². The Morgan fingerprint density at radius 2 is 1.24 bits per heavy atom. The normalized spacial score (nSPS) is 16.5. The molecule has 1 aromatic heterocycles. The van der Waals surface area contributed by atoms with Crippen molar-refractivity contribution in [2.75, 3.05) is 4.90 Å². The number of para-hydroxylation sites is 1. The molecule has 0 amide bonds. The Morgan fingerprint density at radius 1 is 0.585 bits per heavy atom. The van der Waals surface area contributed by atoms with Crippen LogP contribution in [-0.4, -0.2) is 12.7 Å². The molecule has 0 saturated heterocycles. The number of benzene rings is 6. The molecule has 1 radical (unpaired) electrons. The fourth-order valence-electron chi connectivity index (χ4n) is 4.40. The van der Waals surface area contributed by atoms with Crippen LogP contribution in [0.2, 0.25) is 0 Å². The van der Waals surface area contributed by atoms with Gasteiger partial charge in [0.1, 0.15) is 16.9 Å². The van der Waals surface area contributed by atoms with Crippen LogP contribution in [0.3, 0.4) is 0 Å². The number of anilines is 3. The Bertz CT molecular complexity index is 2770. The summed E-state index contributed by atoms with van der Waals surface area (Å²) in [6.45, 7) is 0. The molecule has 0 aliphatic heterocycles. The highest BCUT2D eigenvalue weighted by Crippen LogP contribution is 2.40. The summed E-state index contributed by atoms with van der Waals surface area (Å²) in [5, 5.41) is 8.62. The first-order chi connectivity index (χ1) is 26.9. The molecular formula is C36H25BNO3. The highest BCUT2D eigenvalue weighted by atomic mass is 16.5. The van der Waals surface area contributed by atoms with Gasteiger partial charge in [-0.05, 0) is 82.8 Å². The van der Waals surface area contributed by atoms with E-state index >= 15 is 0 Å². The van der Waals surface area contributed by atoms with E-state index in [9.17, 15) is 5.48 Å². The van der Waals surface area contributed by atoms with Crippen LogP contribution in [0.4, 0.5) is 17.1 Å². The van der Waals surface area contributed by atoms with Crippen molar-refractivity contribution in [3.05, 3.63) is 145 Å². The Labute approximate surface area is 261 Å². The molecule has 195 valence electrons. The van der Waals surface area contributed by atoms with E-state index in [4.69, 9.17) is 30.5 Å². The predicted octanol–water partition coefficient (Wildman–Crippen LogP) is 9.30. The standard InChI is InChI=1S/C36H25BNO3/c39-37-41-31-23-21-30(22-24-31)38(28-17-13-26(14-18-28)25-7-2-1-3-8-25)29-19-15-27(16-20-29)32-10-6-12-35-36(32)33-9-4-5-11-34(33)40-35/h1-24,39H/i1D,2D,3D,4D,5D,6D,7D,8D,9D,10D,11D,12D,15D,16D,19D,20D. The van der Waals surface area contributed by atoms with E-state index in [-0.39, 0.29) is 50.3 Å². The summed E-state index contributed by atoms with van der Waals surface area (Å²) in [6.07, 6.45) is 0. The molecule has 0 aliphatic carbocycles. The highest BCUT2D eigenvalue weighted by Gasteiger charge is 2.15. The van der Waals surface area contributed by atoms with Crippen LogP contribution in [0.25, 0.3) is 44.2 Å². The molecular weight excluding hydrogens is 505 g/mol. The lowest BCUT2D eigenvalue weighted by Crippen LogP contribution is -2.10. The first kappa shape index (κ1) is 12.9. The molecule has 0 fully saturated rings. The topological polar surface area (TPSA) is 45.8 Å². The third-order valence-electron chi connectivity index (χ3n) is 6.23. The van der Waals surface area contributed by atoms with Gasteiger partial charge >= 0.3 is 7.69 Å². The van der Waals surface area contributed by atoms with Crippen LogP contribution in [-0.2, 0) is 0 Å². The van der Waals surface area contributed by atoms with E-state index in [2.05, 4.69) is 0 Å². The Balaban J connectivity index is 1.51. The zero-order valence-corrected chi connectivity index (χ0v) is 20.9. The molecule has 6 aromatic carbocycles. The average Bonchev–Trinajstić information content (AvgIpc) is 3.60. The number of furan rings is 1. The molecule has 1 heterocycles. The lowest BCUT2D eigenvalue weighted by molar-refractivity contribution is 0.454. The van der Waals surface area contributed by atoms with Gasteiger partial charge in [-0.2, -0.15) is 0 Å². The maximum Gasteiger partial charge on any atom is 0.569 e. The fourth-order valence-corrected chi connectivity index (χ4v) is 4.40. The monoisotopic (exact) mass is 546 g/mol.